The first-order valence-corrected chi connectivity index (χ1v) is 6.19. The Morgan fingerprint density at radius 1 is 1.06 bits per heavy atom. The van der Waals surface area contributed by atoms with E-state index in [0.29, 0.717) is 5.02 Å². The zero-order valence-electron chi connectivity index (χ0n) is 8.17. The molecule has 1 aromatic carbocycles. The molecule has 0 radical (unpaired) electrons. The van der Waals surface area contributed by atoms with Crippen LogP contribution in [0.15, 0.2) is 18.2 Å². The van der Waals surface area contributed by atoms with E-state index in [4.69, 9.17) is 11.6 Å². The predicted molar refractivity (Wildman–Crippen MR) is 51.4 cm³/mol. The molecule has 0 unspecified atom stereocenters. The smallest absolute Gasteiger partial charge is 0 e. The number of aromatic nitrogens is 3. The third-order valence-corrected chi connectivity index (χ3v) is 1.48. The van der Waals surface area contributed by atoms with Gasteiger partial charge in [0.2, 0.25) is 0 Å². The maximum Gasteiger partial charge on any atom is 0 e. The number of fused-ring (bicyclic) bond motifs is 1. The molecule has 1 heterocycles. The van der Waals surface area contributed by atoms with Crippen molar-refractivity contribution in [1.82, 2.24) is 15.4 Å². The van der Waals surface area contributed by atoms with Crippen LogP contribution in [0, 0.1) is 31.1 Å². The molecule has 12 heteroatoms. The second-order valence-electron chi connectivity index (χ2n) is 2.88. The van der Waals surface area contributed by atoms with Crippen LogP contribution in [-0.4, -0.2) is 10.3 Å². The quantitative estimate of drug-likeness (QED) is 0.365. The number of hydrogen-bond donors (Lipinski definition) is 0. The van der Waals surface area contributed by atoms with Crippen molar-refractivity contribution in [2.45, 2.75) is 0 Å². The van der Waals surface area contributed by atoms with Crippen molar-refractivity contribution in [3.63, 3.8) is 0 Å². The molecule has 0 fully saturated rings. The maximum absolute atomic E-state index is 10.7. The van der Waals surface area contributed by atoms with Crippen LogP contribution in [0.2, 0.25) is 5.02 Å². The maximum atomic E-state index is 9.87. The van der Waals surface area contributed by atoms with E-state index >= 15 is 0 Å². The third kappa shape index (κ3) is 9.95. The molecule has 0 N–H and O–H groups in total. The Morgan fingerprint density at radius 2 is 1.56 bits per heavy atom. The van der Waals surface area contributed by atoms with E-state index < -0.39 is 7.81 Å². The fraction of sp³-hybridized carbons (Fsp3) is 0. The Morgan fingerprint density at radius 3 is 2.06 bits per heavy atom. The normalized spacial score (nSPS) is 14.8. The van der Waals surface area contributed by atoms with Crippen molar-refractivity contribution in [1.29, 1.82) is 0 Å². The summed E-state index contributed by atoms with van der Waals surface area (Å²) in [5.74, 6) is 0. The molecule has 0 spiro atoms. The molecule has 0 saturated carbocycles. The van der Waals surface area contributed by atoms with Crippen molar-refractivity contribution in [2.75, 3.05) is 0 Å². The van der Waals surface area contributed by atoms with Crippen LogP contribution in [0.5, 0.6) is 0 Å². The minimum Gasteiger partial charge on any atom is 0 e. The van der Waals surface area contributed by atoms with Gasteiger partial charge < -0.3 is 10.2 Å². The molecular weight excluding hydrogens is 533 g/mol. The van der Waals surface area contributed by atoms with Crippen molar-refractivity contribution in [3.8, 4) is 0 Å². The number of hydrogen-bond acceptors (Lipinski definition) is 2. The number of halogens is 7. The van der Waals surface area contributed by atoms with Gasteiger partial charge in [-0.3, -0.25) is 5.21 Å². The summed E-state index contributed by atoms with van der Waals surface area (Å²) in [5, 5.41) is 11.6. The van der Waals surface area contributed by atoms with Crippen molar-refractivity contribution in [2.24, 2.45) is 0 Å². The largest absolute Gasteiger partial charge is 0 e. The summed E-state index contributed by atoms with van der Waals surface area (Å²) < 4.78 is 59.2. The first-order valence-electron chi connectivity index (χ1n) is 3.79. The molecule has 2 aromatic rings. The first-order chi connectivity index (χ1) is 7.31. The van der Waals surface area contributed by atoms with Crippen LogP contribution in [0.3, 0.4) is 0 Å². The van der Waals surface area contributed by atoms with Crippen LogP contribution in [0.1, 0.15) is 0 Å². The zero-order valence-corrected chi connectivity index (χ0v) is 14.0. The summed E-state index contributed by atoms with van der Waals surface area (Å²) in [6.07, 6.45) is 0. The molecule has 0 saturated heterocycles. The zero-order chi connectivity index (χ0) is 13.4. The monoisotopic (exact) mass is 535 g/mol. The van der Waals surface area contributed by atoms with E-state index in [1.807, 2.05) is 0 Å². The second kappa shape index (κ2) is 4.82. The summed E-state index contributed by atoms with van der Waals surface area (Å²) >= 11 is 5.68. The molecule has 102 valence electrons. The molecule has 0 aliphatic rings. The van der Waals surface area contributed by atoms with Gasteiger partial charge in [-0.05, 0) is 23.2 Å². The number of nitrogens with zero attached hydrogens (tertiary/aromatic N) is 3. The third-order valence-electron chi connectivity index (χ3n) is 1.24. The second-order valence-corrected chi connectivity index (χ2v) is 5.23. The van der Waals surface area contributed by atoms with Gasteiger partial charge in [-0.25, -0.2) is 0 Å². The van der Waals surface area contributed by atoms with E-state index in [-0.39, 0.29) is 31.1 Å². The van der Waals surface area contributed by atoms with Gasteiger partial charge in [0, 0.05) is 36.1 Å². The van der Waals surface area contributed by atoms with Gasteiger partial charge in [0.25, 0.3) is 0 Å². The van der Waals surface area contributed by atoms with E-state index in [1.54, 1.807) is 18.2 Å². The van der Waals surface area contributed by atoms with E-state index in [2.05, 4.69) is 15.4 Å². The van der Waals surface area contributed by atoms with E-state index in [9.17, 15) is 25.2 Å². The molecule has 18 heavy (non-hydrogen) atoms. The molecule has 0 aliphatic heterocycles. The minimum absolute atomic E-state index is 0. The van der Waals surface area contributed by atoms with Crippen LogP contribution < -0.4 is 5.10 Å². The van der Waals surface area contributed by atoms with Crippen LogP contribution >= 0.6 is 19.4 Å². The molecule has 0 atom stereocenters. The average Bonchev–Trinajstić information content (AvgIpc) is 2.44. The van der Waals surface area contributed by atoms with Crippen molar-refractivity contribution >= 4 is 30.4 Å². The average molecular weight is 536 g/mol. The van der Waals surface area contributed by atoms with Gasteiger partial charge in [-0.2, -0.15) is 0 Å². The number of benzene rings is 1. The first kappa shape index (κ1) is 18.0. The predicted octanol–water partition coefficient (Wildman–Crippen LogP) is 4.62. The molecule has 0 aliphatic carbocycles. The summed E-state index contributed by atoms with van der Waals surface area (Å²) in [4.78, 5) is 0. The summed E-state index contributed by atoms with van der Waals surface area (Å²) in [5.41, 5.74) is 1.52. The summed E-state index contributed by atoms with van der Waals surface area (Å²) in [6, 6.07) is 5.29. The Kier molecular flexibility index (Phi) is 4.81. The number of rotatable bonds is 0. The van der Waals surface area contributed by atoms with Gasteiger partial charge in [0.15, 0.2) is 0 Å². The fourth-order valence-corrected chi connectivity index (χ4v) is 0.946. The molecule has 3 nitrogen and oxygen atoms in total. The fourth-order valence-electron chi connectivity index (χ4n) is 0.780. The Balaban J connectivity index is 0.000000326. The Hall–Kier alpha value is -0.0281. The molecule has 0 bridgehead atoms. The summed E-state index contributed by atoms with van der Waals surface area (Å²) in [7, 11) is -10.7. The van der Waals surface area contributed by atoms with Gasteiger partial charge >= 0.3 is 33.0 Å². The Labute approximate surface area is 125 Å². The van der Waals surface area contributed by atoms with E-state index in [0.717, 1.165) is 11.0 Å². The molecule has 2 rings (SSSR count). The topological polar surface area (TPSA) is 39.9 Å². The van der Waals surface area contributed by atoms with Crippen LogP contribution in [-0.2, 0) is 0 Å². The van der Waals surface area contributed by atoms with Crippen molar-refractivity contribution in [3.05, 3.63) is 23.2 Å². The SMILES string of the molecule is Clc1ccc2nn[n-]c2c1.F[P-](F)(F)(F)(F)F.[U]. The summed E-state index contributed by atoms with van der Waals surface area (Å²) in [6.45, 7) is 0. The molecule has 1 aromatic heterocycles. The standard InChI is InChI=1S/C6H3ClN3.F6P.U/c7-4-1-2-5-6(3-4)9-10-8-5;1-7(2,3,4,5)6;/h1-3H;;/q2*-1;. The van der Waals surface area contributed by atoms with Gasteiger partial charge in [0.05, 0.1) is 0 Å². The van der Waals surface area contributed by atoms with Crippen molar-refractivity contribution < 1.29 is 56.3 Å². The minimum atomic E-state index is -10.7. The molecular formula is C6H3ClF6N3PU-2. The van der Waals surface area contributed by atoms with Crippen LogP contribution in [0.25, 0.3) is 11.0 Å². The van der Waals surface area contributed by atoms with Gasteiger partial charge in [-0.1, -0.05) is 17.7 Å². The molecule has 0 amide bonds. The van der Waals surface area contributed by atoms with Gasteiger partial charge in [0.1, 0.15) is 0 Å². The van der Waals surface area contributed by atoms with Gasteiger partial charge in [-0.15, -0.1) is 0 Å². The Bertz CT molecular complexity index is 529. The van der Waals surface area contributed by atoms with Crippen LogP contribution in [0.4, 0.5) is 25.2 Å². The van der Waals surface area contributed by atoms with E-state index in [1.165, 1.54) is 0 Å².